The van der Waals surface area contributed by atoms with Crippen LogP contribution in [-0.2, 0) is 6.42 Å². The van der Waals surface area contributed by atoms with E-state index in [0.29, 0.717) is 5.92 Å². The molecule has 3 rings (SSSR count). The Morgan fingerprint density at radius 2 is 2.18 bits per heavy atom. The molecule has 0 N–H and O–H groups in total. The van der Waals surface area contributed by atoms with E-state index in [1.54, 1.807) is 0 Å². The van der Waals surface area contributed by atoms with Gasteiger partial charge >= 0.3 is 0 Å². The monoisotopic (exact) mass is 292 g/mol. The summed E-state index contributed by atoms with van der Waals surface area (Å²) < 4.78 is 3.35. The van der Waals surface area contributed by atoms with Gasteiger partial charge in [-0.2, -0.15) is 0 Å². The van der Waals surface area contributed by atoms with Crippen molar-refractivity contribution in [1.29, 1.82) is 0 Å². The molecule has 1 fully saturated rings. The van der Waals surface area contributed by atoms with Crippen molar-refractivity contribution >= 4 is 21.6 Å². The fraction of sp³-hybridized carbons (Fsp3) is 0.500. The Morgan fingerprint density at radius 1 is 1.41 bits per heavy atom. The first-order chi connectivity index (χ1) is 8.31. The molecule has 2 heterocycles. The molecule has 17 heavy (non-hydrogen) atoms. The molecular formula is C14H17BrN2. The predicted molar refractivity (Wildman–Crippen MR) is 73.5 cm³/mol. The normalized spacial score (nSPS) is 17.1. The molecule has 2 aromatic heterocycles. The molecule has 0 radical (unpaired) electrons. The molecule has 0 amide bonds. The maximum Gasteiger partial charge on any atom is 0.141 e. The third kappa shape index (κ3) is 1.81. The fourth-order valence-electron chi connectivity index (χ4n) is 2.85. The Hall–Kier alpha value is -0.830. The zero-order chi connectivity index (χ0) is 11.8. The predicted octanol–water partition coefficient (Wildman–Crippen LogP) is 4.32. The van der Waals surface area contributed by atoms with E-state index in [9.17, 15) is 0 Å². The summed E-state index contributed by atoms with van der Waals surface area (Å²) in [7, 11) is 0. The number of hydrogen-bond acceptors (Lipinski definition) is 1. The summed E-state index contributed by atoms with van der Waals surface area (Å²) in [4.78, 5) is 4.88. The molecule has 3 heteroatoms. The van der Waals surface area contributed by atoms with Crippen molar-refractivity contribution in [3.8, 4) is 0 Å². The van der Waals surface area contributed by atoms with E-state index in [1.807, 2.05) is 0 Å². The Bertz CT molecular complexity index is 538. The molecule has 1 saturated carbocycles. The summed E-state index contributed by atoms with van der Waals surface area (Å²) in [5.74, 6) is 0.661. The van der Waals surface area contributed by atoms with E-state index >= 15 is 0 Å². The molecule has 2 aromatic rings. The summed E-state index contributed by atoms with van der Waals surface area (Å²) in [6.07, 6.45) is 8.44. The van der Waals surface area contributed by atoms with Crippen LogP contribution in [0.1, 0.15) is 49.8 Å². The first kappa shape index (κ1) is 11.3. The van der Waals surface area contributed by atoms with Crippen LogP contribution in [0.25, 0.3) is 5.65 Å². The maximum atomic E-state index is 4.88. The van der Waals surface area contributed by atoms with Crippen molar-refractivity contribution in [2.45, 2.75) is 44.9 Å². The fourth-order valence-corrected chi connectivity index (χ4v) is 3.55. The SMILES string of the molecule is CCc1cccn2c(Br)c(C3CCCC3)nc12. The second-order valence-electron chi connectivity index (χ2n) is 4.85. The van der Waals surface area contributed by atoms with Crippen LogP contribution in [0.2, 0.25) is 0 Å². The van der Waals surface area contributed by atoms with Crippen molar-refractivity contribution in [2.24, 2.45) is 0 Å². The highest BCUT2D eigenvalue weighted by molar-refractivity contribution is 9.10. The molecule has 0 atom stereocenters. The molecule has 0 bridgehead atoms. The number of nitrogens with zero attached hydrogens (tertiary/aromatic N) is 2. The van der Waals surface area contributed by atoms with Crippen molar-refractivity contribution < 1.29 is 0 Å². The van der Waals surface area contributed by atoms with Gasteiger partial charge in [0.2, 0.25) is 0 Å². The van der Waals surface area contributed by atoms with E-state index in [1.165, 1.54) is 36.9 Å². The van der Waals surface area contributed by atoms with E-state index < -0.39 is 0 Å². The van der Waals surface area contributed by atoms with Gasteiger partial charge in [-0.25, -0.2) is 4.98 Å². The highest BCUT2D eigenvalue weighted by Crippen LogP contribution is 2.37. The molecule has 1 aliphatic carbocycles. The topological polar surface area (TPSA) is 17.3 Å². The Kier molecular flexibility index (Phi) is 2.95. The summed E-state index contributed by atoms with van der Waals surface area (Å²) in [6.45, 7) is 2.19. The third-order valence-electron chi connectivity index (χ3n) is 3.82. The van der Waals surface area contributed by atoms with Gasteiger partial charge in [0, 0.05) is 12.1 Å². The largest absolute Gasteiger partial charge is 0.294 e. The number of aromatic nitrogens is 2. The zero-order valence-electron chi connectivity index (χ0n) is 10.1. The van der Waals surface area contributed by atoms with E-state index in [0.717, 1.165) is 16.7 Å². The number of aryl methyl sites for hydroxylation is 1. The minimum Gasteiger partial charge on any atom is -0.294 e. The van der Waals surface area contributed by atoms with Gasteiger partial charge in [0.25, 0.3) is 0 Å². The van der Waals surface area contributed by atoms with E-state index in [4.69, 9.17) is 4.98 Å². The molecule has 2 nitrogen and oxygen atoms in total. The third-order valence-corrected chi connectivity index (χ3v) is 4.61. The lowest BCUT2D eigenvalue weighted by atomic mass is 10.1. The van der Waals surface area contributed by atoms with Crippen LogP contribution in [0, 0.1) is 0 Å². The van der Waals surface area contributed by atoms with E-state index in [2.05, 4.69) is 45.6 Å². The number of rotatable bonds is 2. The number of pyridine rings is 1. The number of fused-ring (bicyclic) bond motifs is 1. The first-order valence-corrected chi connectivity index (χ1v) is 7.26. The summed E-state index contributed by atoms with van der Waals surface area (Å²) in [5.41, 5.74) is 3.73. The minimum absolute atomic E-state index is 0.661. The van der Waals surface area contributed by atoms with Crippen LogP contribution in [0.3, 0.4) is 0 Å². The molecule has 0 aromatic carbocycles. The maximum absolute atomic E-state index is 4.88. The minimum atomic E-state index is 0.661. The molecular weight excluding hydrogens is 276 g/mol. The van der Waals surface area contributed by atoms with Crippen molar-refractivity contribution in [2.75, 3.05) is 0 Å². The van der Waals surface area contributed by atoms with Crippen molar-refractivity contribution in [1.82, 2.24) is 9.38 Å². The molecule has 1 aliphatic rings. The van der Waals surface area contributed by atoms with Gasteiger partial charge in [-0.05, 0) is 46.8 Å². The lowest BCUT2D eigenvalue weighted by Gasteiger charge is -2.04. The van der Waals surface area contributed by atoms with Gasteiger partial charge in [-0.1, -0.05) is 25.8 Å². The van der Waals surface area contributed by atoms with Gasteiger partial charge in [0.15, 0.2) is 0 Å². The van der Waals surface area contributed by atoms with Crippen molar-refractivity contribution in [3.63, 3.8) is 0 Å². The van der Waals surface area contributed by atoms with Gasteiger partial charge in [0.1, 0.15) is 10.3 Å². The Morgan fingerprint density at radius 3 is 2.88 bits per heavy atom. The lowest BCUT2D eigenvalue weighted by Crippen LogP contribution is -1.93. The lowest BCUT2D eigenvalue weighted by molar-refractivity contribution is 0.699. The van der Waals surface area contributed by atoms with Crippen LogP contribution >= 0.6 is 15.9 Å². The van der Waals surface area contributed by atoms with Gasteiger partial charge < -0.3 is 0 Å². The summed E-state index contributed by atoms with van der Waals surface area (Å²) in [6, 6.07) is 4.28. The Balaban J connectivity index is 2.16. The van der Waals surface area contributed by atoms with Crippen LogP contribution in [0.15, 0.2) is 22.9 Å². The quantitative estimate of drug-likeness (QED) is 0.806. The van der Waals surface area contributed by atoms with Crippen molar-refractivity contribution in [3.05, 3.63) is 34.2 Å². The summed E-state index contributed by atoms with van der Waals surface area (Å²) in [5, 5.41) is 0. The smallest absolute Gasteiger partial charge is 0.141 e. The van der Waals surface area contributed by atoms with E-state index in [-0.39, 0.29) is 0 Å². The molecule has 0 spiro atoms. The zero-order valence-corrected chi connectivity index (χ0v) is 11.7. The number of imidazole rings is 1. The second kappa shape index (κ2) is 4.45. The highest BCUT2D eigenvalue weighted by Gasteiger charge is 2.23. The van der Waals surface area contributed by atoms with Gasteiger partial charge in [-0.15, -0.1) is 0 Å². The first-order valence-electron chi connectivity index (χ1n) is 6.46. The standard InChI is InChI=1S/C14H17BrN2/c1-2-10-8-5-9-17-13(15)12(16-14(10)17)11-6-3-4-7-11/h5,8-9,11H,2-4,6-7H2,1H3. The van der Waals surface area contributed by atoms with Gasteiger partial charge in [-0.3, -0.25) is 4.40 Å². The average molecular weight is 293 g/mol. The second-order valence-corrected chi connectivity index (χ2v) is 5.60. The van der Waals surface area contributed by atoms with Gasteiger partial charge in [0.05, 0.1) is 5.69 Å². The highest BCUT2D eigenvalue weighted by atomic mass is 79.9. The van der Waals surface area contributed by atoms with Crippen LogP contribution in [0.4, 0.5) is 0 Å². The molecule has 0 aliphatic heterocycles. The number of halogens is 1. The van der Waals surface area contributed by atoms with Crippen LogP contribution in [-0.4, -0.2) is 9.38 Å². The van der Waals surface area contributed by atoms with Crippen LogP contribution in [0.5, 0.6) is 0 Å². The average Bonchev–Trinajstić information content (AvgIpc) is 2.97. The molecule has 0 saturated heterocycles. The molecule has 0 unspecified atom stereocenters. The Labute approximate surface area is 110 Å². The molecule has 90 valence electrons. The summed E-state index contributed by atoms with van der Waals surface area (Å²) >= 11 is 3.73. The van der Waals surface area contributed by atoms with Crippen LogP contribution < -0.4 is 0 Å². The number of hydrogen-bond donors (Lipinski definition) is 0.